The quantitative estimate of drug-likeness (QED) is 0.589. The van der Waals surface area contributed by atoms with Crippen molar-refractivity contribution < 1.29 is 4.74 Å². The zero-order chi connectivity index (χ0) is 11.8. The Balaban J connectivity index is 2.62. The minimum absolute atomic E-state index is 0.414. The number of hydrogen-bond donors (Lipinski definition) is 1. The summed E-state index contributed by atoms with van der Waals surface area (Å²) >= 11 is 5.91. The summed E-state index contributed by atoms with van der Waals surface area (Å²) in [5.74, 6) is 0.956. The molecule has 16 heavy (non-hydrogen) atoms. The number of hydrogen-bond acceptors (Lipinski definition) is 4. The van der Waals surface area contributed by atoms with Crippen LogP contribution in [0.4, 0.5) is 5.95 Å². The molecule has 0 aromatic carbocycles. The zero-order valence-corrected chi connectivity index (χ0v) is 10.1. The number of anilines is 1. The Morgan fingerprint density at radius 3 is 3.12 bits per heavy atom. The Kier molecular flexibility index (Phi) is 5.64. The molecule has 1 heterocycles. The highest BCUT2D eigenvalue weighted by Crippen LogP contribution is 2.21. The minimum atomic E-state index is 0.414. The van der Waals surface area contributed by atoms with Crippen molar-refractivity contribution in [3.05, 3.63) is 23.9 Å². The summed E-state index contributed by atoms with van der Waals surface area (Å²) in [4.78, 5) is 8.22. The van der Waals surface area contributed by atoms with E-state index in [0.717, 1.165) is 19.4 Å². The van der Waals surface area contributed by atoms with Crippen molar-refractivity contribution in [3.8, 4) is 5.88 Å². The van der Waals surface area contributed by atoms with Gasteiger partial charge in [0.2, 0.25) is 11.8 Å². The fraction of sp³-hybridized carbons (Fsp3) is 0.455. The molecule has 1 aromatic rings. The summed E-state index contributed by atoms with van der Waals surface area (Å²) in [6, 6.07) is 0. The molecule has 1 aromatic heterocycles. The average Bonchev–Trinajstić information content (AvgIpc) is 2.30. The van der Waals surface area contributed by atoms with Crippen molar-refractivity contribution in [3.63, 3.8) is 0 Å². The molecule has 1 rings (SSSR count). The van der Waals surface area contributed by atoms with Crippen LogP contribution < -0.4 is 10.1 Å². The van der Waals surface area contributed by atoms with Crippen molar-refractivity contribution in [2.24, 2.45) is 0 Å². The SMILES string of the molecule is C=CCCOc1nc(NCCC)ncc1Cl. The number of halogens is 1. The highest BCUT2D eigenvalue weighted by Gasteiger charge is 2.05. The van der Waals surface area contributed by atoms with Gasteiger partial charge in [-0.2, -0.15) is 4.98 Å². The number of nitrogens with zero attached hydrogens (tertiary/aromatic N) is 2. The molecule has 88 valence electrons. The second kappa shape index (κ2) is 7.06. The van der Waals surface area contributed by atoms with E-state index < -0.39 is 0 Å². The maximum atomic E-state index is 5.91. The molecule has 0 amide bonds. The van der Waals surface area contributed by atoms with Gasteiger partial charge in [0.1, 0.15) is 5.02 Å². The van der Waals surface area contributed by atoms with Crippen LogP contribution in [0.5, 0.6) is 5.88 Å². The van der Waals surface area contributed by atoms with Crippen LogP contribution in [0.3, 0.4) is 0 Å². The maximum absolute atomic E-state index is 5.91. The minimum Gasteiger partial charge on any atom is -0.476 e. The Morgan fingerprint density at radius 2 is 2.44 bits per heavy atom. The fourth-order valence-electron chi connectivity index (χ4n) is 1.01. The Morgan fingerprint density at radius 1 is 1.62 bits per heavy atom. The molecule has 0 radical (unpaired) electrons. The number of aromatic nitrogens is 2. The summed E-state index contributed by atoms with van der Waals surface area (Å²) in [6.07, 6.45) is 5.10. The highest BCUT2D eigenvalue weighted by atomic mass is 35.5. The molecule has 0 spiro atoms. The van der Waals surface area contributed by atoms with Crippen LogP contribution in [0, 0.1) is 0 Å². The zero-order valence-electron chi connectivity index (χ0n) is 9.37. The van der Waals surface area contributed by atoms with E-state index in [-0.39, 0.29) is 0 Å². The standard InChI is InChI=1S/C11H16ClN3O/c1-3-5-7-16-10-9(12)8-14-11(15-10)13-6-4-2/h3,8H,1,4-7H2,2H3,(H,13,14,15). The number of rotatable bonds is 7. The molecule has 1 N–H and O–H groups in total. The first-order valence-corrected chi connectivity index (χ1v) is 5.65. The van der Waals surface area contributed by atoms with Gasteiger partial charge in [0.15, 0.2) is 0 Å². The first-order chi connectivity index (χ1) is 7.77. The van der Waals surface area contributed by atoms with Crippen molar-refractivity contribution in [1.82, 2.24) is 9.97 Å². The van der Waals surface area contributed by atoms with Crippen LogP contribution in [-0.4, -0.2) is 23.1 Å². The van der Waals surface area contributed by atoms with Gasteiger partial charge in [-0.15, -0.1) is 6.58 Å². The molecule has 0 unspecified atom stereocenters. The third-order valence-electron chi connectivity index (χ3n) is 1.81. The van der Waals surface area contributed by atoms with Crippen molar-refractivity contribution in [2.75, 3.05) is 18.5 Å². The molecule has 0 aliphatic carbocycles. The molecule has 0 saturated carbocycles. The van der Waals surface area contributed by atoms with Gasteiger partial charge in [-0.25, -0.2) is 4.98 Å². The van der Waals surface area contributed by atoms with Gasteiger partial charge in [0, 0.05) is 6.54 Å². The maximum Gasteiger partial charge on any atom is 0.237 e. The van der Waals surface area contributed by atoms with E-state index in [1.54, 1.807) is 6.08 Å². The molecule has 0 aliphatic rings. The smallest absolute Gasteiger partial charge is 0.237 e. The summed E-state index contributed by atoms with van der Waals surface area (Å²) < 4.78 is 5.40. The lowest BCUT2D eigenvalue weighted by Crippen LogP contribution is -2.06. The van der Waals surface area contributed by atoms with Crippen LogP contribution in [0.25, 0.3) is 0 Å². The van der Waals surface area contributed by atoms with E-state index in [1.165, 1.54) is 6.20 Å². The van der Waals surface area contributed by atoms with E-state index >= 15 is 0 Å². The second-order valence-corrected chi connectivity index (χ2v) is 3.61. The summed E-state index contributed by atoms with van der Waals surface area (Å²) in [5.41, 5.74) is 0. The van der Waals surface area contributed by atoms with Crippen molar-refractivity contribution >= 4 is 17.5 Å². The fourth-order valence-corrected chi connectivity index (χ4v) is 1.16. The predicted octanol–water partition coefficient (Wildman–Crippen LogP) is 2.91. The Hall–Kier alpha value is -1.29. The summed E-state index contributed by atoms with van der Waals surface area (Å²) in [7, 11) is 0. The lowest BCUT2D eigenvalue weighted by Gasteiger charge is -2.08. The molecular formula is C11H16ClN3O. The van der Waals surface area contributed by atoms with Gasteiger partial charge in [-0.1, -0.05) is 24.6 Å². The van der Waals surface area contributed by atoms with E-state index in [0.29, 0.717) is 23.5 Å². The molecule has 0 aliphatic heterocycles. The molecule has 5 heteroatoms. The summed E-state index contributed by atoms with van der Waals surface area (Å²) in [5, 5.41) is 3.49. The van der Waals surface area contributed by atoms with E-state index in [1.807, 2.05) is 0 Å². The molecule has 0 fully saturated rings. The molecule has 0 saturated heterocycles. The van der Waals surface area contributed by atoms with E-state index in [4.69, 9.17) is 16.3 Å². The first kappa shape index (κ1) is 12.8. The van der Waals surface area contributed by atoms with Gasteiger partial charge in [0.25, 0.3) is 0 Å². The largest absolute Gasteiger partial charge is 0.476 e. The lowest BCUT2D eigenvalue weighted by molar-refractivity contribution is 0.312. The van der Waals surface area contributed by atoms with Crippen molar-refractivity contribution in [2.45, 2.75) is 19.8 Å². The third-order valence-corrected chi connectivity index (χ3v) is 2.07. The van der Waals surface area contributed by atoms with Crippen LogP contribution in [0.1, 0.15) is 19.8 Å². The highest BCUT2D eigenvalue weighted by molar-refractivity contribution is 6.31. The molecule has 4 nitrogen and oxygen atoms in total. The van der Waals surface area contributed by atoms with Gasteiger partial charge >= 0.3 is 0 Å². The number of ether oxygens (including phenoxy) is 1. The molecular weight excluding hydrogens is 226 g/mol. The molecule has 0 bridgehead atoms. The van der Waals surface area contributed by atoms with Crippen LogP contribution >= 0.6 is 11.6 Å². The second-order valence-electron chi connectivity index (χ2n) is 3.20. The van der Waals surface area contributed by atoms with E-state index in [2.05, 4.69) is 28.8 Å². The van der Waals surface area contributed by atoms with Crippen LogP contribution in [-0.2, 0) is 0 Å². The Labute approximate surface area is 101 Å². The average molecular weight is 242 g/mol. The van der Waals surface area contributed by atoms with Crippen LogP contribution in [0.2, 0.25) is 5.02 Å². The van der Waals surface area contributed by atoms with Gasteiger partial charge < -0.3 is 10.1 Å². The van der Waals surface area contributed by atoms with Gasteiger partial charge in [0.05, 0.1) is 12.8 Å². The molecule has 0 atom stereocenters. The van der Waals surface area contributed by atoms with Crippen molar-refractivity contribution in [1.29, 1.82) is 0 Å². The topological polar surface area (TPSA) is 47.0 Å². The Bertz CT molecular complexity index is 344. The summed E-state index contributed by atoms with van der Waals surface area (Å²) in [6.45, 7) is 7.04. The monoisotopic (exact) mass is 241 g/mol. The van der Waals surface area contributed by atoms with Crippen LogP contribution in [0.15, 0.2) is 18.9 Å². The third kappa shape index (κ3) is 4.06. The first-order valence-electron chi connectivity index (χ1n) is 5.28. The van der Waals surface area contributed by atoms with Gasteiger partial charge in [-0.05, 0) is 12.8 Å². The normalized spacial score (nSPS) is 9.88. The lowest BCUT2D eigenvalue weighted by atomic mass is 10.4. The predicted molar refractivity (Wildman–Crippen MR) is 66.1 cm³/mol. The number of nitrogens with one attached hydrogen (secondary N) is 1. The van der Waals surface area contributed by atoms with Gasteiger partial charge in [-0.3, -0.25) is 0 Å². The van der Waals surface area contributed by atoms with E-state index in [9.17, 15) is 0 Å².